The van der Waals surface area contributed by atoms with Gasteiger partial charge in [0.25, 0.3) is 0 Å². The summed E-state index contributed by atoms with van der Waals surface area (Å²) in [5.74, 6) is 2.52. The van der Waals surface area contributed by atoms with Crippen molar-refractivity contribution in [3.63, 3.8) is 0 Å². The number of ether oxygens (including phenoxy) is 2. The van der Waals surface area contributed by atoms with Gasteiger partial charge in [0.05, 0.1) is 6.04 Å². The van der Waals surface area contributed by atoms with Crippen molar-refractivity contribution in [2.75, 3.05) is 68.7 Å². The molecular formula is C43H59ClN12O10. The molecule has 6 fully saturated rings. The number of likely N-dealkylation sites (tertiary alicyclic amines) is 2. The summed E-state index contributed by atoms with van der Waals surface area (Å²) < 4.78 is 10.8. The van der Waals surface area contributed by atoms with E-state index in [0.29, 0.717) is 48.7 Å². The highest BCUT2D eigenvalue weighted by molar-refractivity contribution is 6.29. The van der Waals surface area contributed by atoms with Crippen molar-refractivity contribution >= 4 is 52.9 Å². The van der Waals surface area contributed by atoms with Crippen molar-refractivity contribution in [3.8, 4) is 0 Å². The zero-order valence-corrected chi connectivity index (χ0v) is 38.8. The lowest BCUT2D eigenvalue weighted by atomic mass is 10.1. The molecule has 23 heteroatoms. The number of carbonyl (C=O) groups is 2. The molecule has 6 atom stereocenters. The second-order valence-corrected chi connectivity index (χ2v) is 19.3. The fourth-order valence-corrected chi connectivity index (χ4v) is 9.19. The number of fused-ring (bicyclic) bond motifs is 3. The zero-order valence-electron chi connectivity index (χ0n) is 38.1. The van der Waals surface area contributed by atoms with Crippen LogP contribution in [0.25, 0.3) is 0 Å². The summed E-state index contributed by atoms with van der Waals surface area (Å²) in [4.78, 5) is 73.7. The number of nitrogens with one attached hydrogen (secondary N) is 2. The first-order valence-electron chi connectivity index (χ1n) is 22.1. The van der Waals surface area contributed by atoms with Gasteiger partial charge in [-0.2, -0.15) is 0 Å². The predicted molar refractivity (Wildman–Crippen MR) is 245 cm³/mol. The van der Waals surface area contributed by atoms with E-state index in [2.05, 4.69) is 35.4 Å². The van der Waals surface area contributed by atoms with Gasteiger partial charge in [0.2, 0.25) is 16.8 Å². The fraction of sp³-hybridized carbons (Fsp3) is 0.605. The highest BCUT2D eigenvalue weighted by atomic mass is 35.5. The molecule has 358 valence electrons. The monoisotopic (exact) mass is 938 g/mol. The Morgan fingerprint density at radius 1 is 0.636 bits per heavy atom. The Morgan fingerprint density at radius 2 is 1.12 bits per heavy atom. The molecule has 0 bridgehead atoms. The maximum atomic E-state index is 12.3. The van der Waals surface area contributed by atoms with E-state index in [1.54, 1.807) is 23.1 Å². The van der Waals surface area contributed by atoms with Gasteiger partial charge in [0.15, 0.2) is 0 Å². The van der Waals surface area contributed by atoms with Gasteiger partial charge in [-0.25, -0.2) is 9.59 Å². The van der Waals surface area contributed by atoms with E-state index in [0.717, 1.165) is 64.5 Å². The standard InChI is InChI=1S/C16H22N4O4.C11H14N4O2.C11H20N2O2.C5H3ClN2O2/c1-16(2,3)24-15(21)18-9-11-7-8-19(12(11)10-18)13-5-4-6-14(17-13)20(22)23;16-15(17)11-3-1-2-10(13-11)14-5-4-8-6-12-7-9(8)14;1-11(2,3)15-10(14)13-6-8-4-5-12-9(8)7-13;6-4-2-1-3-5(7-4)8(9)10/h4-6,11-12H,7-10H2,1-3H3;1-3,8-9,12H,4-7H2;8-9,12H,4-7H2,1-3H3;1-3H. The van der Waals surface area contributed by atoms with E-state index < -0.39 is 20.4 Å². The molecule has 22 nitrogen and oxygen atoms in total. The molecule has 3 aromatic heterocycles. The molecular weight excluding hydrogens is 880 g/mol. The summed E-state index contributed by atoms with van der Waals surface area (Å²) in [6.45, 7) is 19.0. The van der Waals surface area contributed by atoms with Crippen LogP contribution in [0.1, 0.15) is 60.8 Å². The smallest absolute Gasteiger partial charge is 0.410 e. The Bertz CT molecular complexity index is 2220. The predicted octanol–water partition coefficient (Wildman–Crippen LogP) is 6.08. The number of rotatable bonds is 5. The van der Waals surface area contributed by atoms with Crippen molar-refractivity contribution in [1.29, 1.82) is 0 Å². The number of nitro groups is 3. The van der Waals surface area contributed by atoms with E-state index in [-0.39, 0.29) is 46.4 Å². The van der Waals surface area contributed by atoms with E-state index in [4.69, 9.17) is 21.1 Å². The number of amides is 2. The summed E-state index contributed by atoms with van der Waals surface area (Å²) in [6.07, 6.45) is 2.79. The van der Waals surface area contributed by atoms with Gasteiger partial charge < -0.3 is 70.0 Å². The van der Waals surface area contributed by atoms with E-state index in [1.165, 1.54) is 36.8 Å². The van der Waals surface area contributed by atoms with Crippen LogP contribution in [0.5, 0.6) is 0 Å². The van der Waals surface area contributed by atoms with Crippen LogP contribution in [0.15, 0.2) is 54.6 Å². The normalized spacial score (nSPS) is 23.8. The third kappa shape index (κ3) is 13.1. The minimum absolute atomic E-state index is 0.0723. The number of halogens is 1. The van der Waals surface area contributed by atoms with Gasteiger partial charge in [-0.1, -0.05) is 0 Å². The molecule has 0 spiro atoms. The van der Waals surface area contributed by atoms with Gasteiger partial charge >= 0.3 is 29.6 Å². The number of aromatic nitrogens is 3. The first-order valence-corrected chi connectivity index (χ1v) is 22.5. The molecule has 66 heavy (non-hydrogen) atoms. The van der Waals surface area contributed by atoms with Gasteiger partial charge in [0, 0.05) is 107 Å². The molecule has 3 aromatic rings. The minimum Gasteiger partial charge on any atom is -0.444 e. The Morgan fingerprint density at radius 3 is 1.62 bits per heavy atom. The number of carbonyl (C=O) groups excluding carboxylic acids is 2. The van der Waals surface area contributed by atoms with Crippen LogP contribution >= 0.6 is 11.6 Å². The molecule has 9 rings (SSSR count). The SMILES string of the molecule is CC(C)(C)OC(=O)N1CC2CCN(c3cccc([N+](=O)[O-])n3)C2C1.CC(C)(C)OC(=O)N1CC2CCNC2C1.O=[N+]([O-])c1cccc(Cl)n1.O=[N+]([O-])c1cccc(N2CCC3CNCC32)n1. The molecule has 6 aliphatic heterocycles. The first kappa shape index (κ1) is 49.4. The summed E-state index contributed by atoms with van der Waals surface area (Å²) in [6, 6.07) is 15.1. The van der Waals surface area contributed by atoms with Crippen molar-refractivity contribution < 1.29 is 33.8 Å². The molecule has 6 saturated heterocycles. The number of nitrogens with zero attached hydrogens (tertiary/aromatic N) is 10. The van der Waals surface area contributed by atoms with Crippen molar-refractivity contribution in [3.05, 3.63) is 90.1 Å². The molecule has 0 aromatic carbocycles. The van der Waals surface area contributed by atoms with Gasteiger partial charge in [-0.05, 0) is 139 Å². The lowest BCUT2D eigenvalue weighted by molar-refractivity contribution is -0.389. The quantitative estimate of drug-likeness (QED) is 0.167. The molecule has 9 heterocycles. The van der Waals surface area contributed by atoms with Crippen LogP contribution in [-0.4, -0.2) is 140 Å². The van der Waals surface area contributed by atoms with Crippen LogP contribution in [0.3, 0.4) is 0 Å². The highest BCUT2D eigenvalue weighted by Crippen LogP contribution is 2.36. The zero-order chi connectivity index (χ0) is 47.9. The lowest BCUT2D eigenvalue weighted by Gasteiger charge is -2.26. The maximum absolute atomic E-state index is 12.3. The van der Waals surface area contributed by atoms with E-state index in [1.807, 2.05) is 52.5 Å². The van der Waals surface area contributed by atoms with Gasteiger partial charge in [0.1, 0.15) is 11.2 Å². The highest BCUT2D eigenvalue weighted by Gasteiger charge is 2.46. The fourth-order valence-electron chi connectivity index (χ4n) is 9.03. The first-order chi connectivity index (χ1) is 31.2. The van der Waals surface area contributed by atoms with Crippen molar-refractivity contribution in [1.82, 2.24) is 35.4 Å². The summed E-state index contributed by atoms with van der Waals surface area (Å²) in [7, 11) is 0. The van der Waals surface area contributed by atoms with E-state index >= 15 is 0 Å². The third-order valence-corrected chi connectivity index (χ3v) is 12.2. The number of pyridine rings is 3. The second-order valence-electron chi connectivity index (χ2n) is 19.0. The summed E-state index contributed by atoms with van der Waals surface area (Å²) in [5.41, 5.74) is -0.904. The van der Waals surface area contributed by atoms with Gasteiger partial charge in [-0.3, -0.25) is 0 Å². The Labute approximate surface area is 387 Å². The lowest BCUT2D eigenvalue weighted by Crippen LogP contribution is -2.39. The van der Waals surface area contributed by atoms with Crippen molar-refractivity contribution in [2.24, 2.45) is 17.8 Å². The summed E-state index contributed by atoms with van der Waals surface area (Å²) in [5, 5.41) is 38.6. The molecule has 0 saturated carbocycles. The van der Waals surface area contributed by atoms with Crippen molar-refractivity contribution in [2.45, 2.75) is 90.1 Å². The molecule has 2 N–H and O–H groups in total. The third-order valence-electron chi connectivity index (χ3n) is 11.9. The number of anilines is 2. The Kier molecular flexibility index (Phi) is 15.8. The second kappa shape index (κ2) is 21.1. The molecule has 0 radical (unpaired) electrons. The van der Waals surface area contributed by atoms with Crippen LogP contribution in [0.2, 0.25) is 5.15 Å². The minimum atomic E-state index is -0.591. The average Bonchev–Trinajstić information content (AvgIpc) is 4.10. The van der Waals surface area contributed by atoms with Crippen LogP contribution in [0, 0.1) is 48.1 Å². The van der Waals surface area contributed by atoms with E-state index in [9.17, 15) is 39.9 Å². The largest absolute Gasteiger partial charge is 0.444 e. The van der Waals surface area contributed by atoms with Crippen LogP contribution in [0.4, 0.5) is 38.7 Å². The Balaban J connectivity index is 0.000000152. The summed E-state index contributed by atoms with van der Waals surface area (Å²) >= 11 is 5.37. The number of hydrogen-bond acceptors (Lipinski definition) is 17. The van der Waals surface area contributed by atoms with Crippen LogP contribution < -0.4 is 20.4 Å². The molecule has 6 unspecified atom stereocenters. The molecule has 6 aliphatic rings. The molecule has 2 amide bonds. The molecule has 0 aliphatic carbocycles. The Hall–Kier alpha value is -6.00. The maximum Gasteiger partial charge on any atom is 0.410 e. The van der Waals surface area contributed by atoms with Gasteiger partial charge in [-0.15, -0.1) is 0 Å². The average molecular weight is 939 g/mol. The topological polar surface area (TPSA) is 258 Å². The number of hydrogen-bond donors (Lipinski definition) is 2. The van der Waals surface area contributed by atoms with Crippen LogP contribution in [-0.2, 0) is 9.47 Å².